The van der Waals surface area contributed by atoms with Crippen LogP contribution in [-0.4, -0.2) is 47.3 Å². The van der Waals surface area contributed by atoms with Crippen molar-refractivity contribution >= 4 is 46.5 Å². The second-order valence-electron chi connectivity index (χ2n) is 6.96. The van der Waals surface area contributed by atoms with E-state index >= 15 is 0 Å². The smallest absolute Gasteiger partial charge is 0.335 e. The van der Waals surface area contributed by atoms with Crippen molar-refractivity contribution in [3.8, 4) is 0 Å². The van der Waals surface area contributed by atoms with Crippen molar-refractivity contribution in [3.63, 3.8) is 0 Å². The summed E-state index contributed by atoms with van der Waals surface area (Å²) in [4.78, 5) is 27.1. The molecule has 1 aromatic rings. The Hall–Kier alpha value is -2.65. The number of carboxylic acid groups (broad SMARTS) is 1. The average molecular weight is 490 g/mol. The van der Waals surface area contributed by atoms with Gasteiger partial charge in [-0.25, -0.2) is 18.0 Å². The predicted molar refractivity (Wildman–Crippen MR) is 117 cm³/mol. The Bertz CT molecular complexity index is 1010. The molecular formula is C21H20Cl2F3N3O3. The van der Waals surface area contributed by atoms with Crippen molar-refractivity contribution in [2.75, 3.05) is 7.05 Å². The summed E-state index contributed by atoms with van der Waals surface area (Å²) in [7, 11) is 1.09. The second-order valence-corrected chi connectivity index (χ2v) is 7.92. The second kappa shape index (κ2) is 11.3. The van der Waals surface area contributed by atoms with E-state index in [1.54, 1.807) is 12.2 Å². The zero-order chi connectivity index (χ0) is 24.0. The summed E-state index contributed by atoms with van der Waals surface area (Å²) < 4.78 is 41.2. The first kappa shape index (κ1) is 25.6. The Labute approximate surface area is 192 Å². The van der Waals surface area contributed by atoms with Crippen LogP contribution in [0.5, 0.6) is 0 Å². The van der Waals surface area contributed by atoms with Crippen molar-refractivity contribution in [1.29, 1.82) is 5.41 Å². The van der Waals surface area contributed by atoms with E-state index in [-0.39, 0.29) is 29.8 Å². The van der Waals surface area contributed by atoms with Crippen LogP contribution in [0.2, 0.25) is 0 Å². The first-order valence-electron chi connectivity index (χ1n) is 9.35. The number of carboxylic acids is 1. The van der Waals surface area contributed by atoms with Crippen molar-refractivity contribution in [3.05, 3.63) is 57.9 Å². The third-order valence-corrected chi connectivity index (χ3v) is 5.67. The minimum atomic E-state index is -3.09. The fraction of sp³-hybridized carbons (Fsp3) is 0.333. The van der Waals surface area contributed by atoms with E-state index in [4.69, 9.17) is 33.7 Å². The van der Waals surface area contributed by atoms with E-state index in [9.17, 15) is 22.8 Å². The Kier molecular flexibility index (Phi) is 9.03. The number of nitrogens with one attached hydrogen (secondary N) is 2. The maximum Gasteiger partial charge on any atom is 0.335 e. The number of rotatable bonds is 9. The number of benzene rings is 1. The molecule has 6 nitrogen and oxygen atoms in total. The maximum absolute atomic E-state index is 14.1. The van der Waals surface area contributed by atoms with Gasteiger partial charge in [-0.1, -0.05) is 29.3 Å². The van der Waals surface area contributed by atoms with Crippen LogP contribution in [0.25, 0.3) is 0 Å². The molecule has 0 saturated carbocycles. The Morgan fingerprint density at radius 3 is 2.56 bits per heavy atom. The highest BCUT2D eigenvalue weighted by Gasteiger charge is 2.34. The molecule has 2 rings (SSSR count). The number of nitrogens with zero attached hydrogens (tertiary/aromatic N) is 1. The van der Waals surface area contributed by atoms with Crippen LogP contribution in [0.4, 0.5) is 13.2 Å². The van der Waals surface area contributed by atoms with Crippen LogP contribution in [-0.2, 0) is 11.3 Å². The fourth-order valence-electron chi connectivity index (χ4n) is 3.11. The Balaban J connectivity index is 2.20. The van der Waals surface area contributed by atoms with Crippen LogP contribution < -0.4 is 5.32 Å². The molecule has 1 aliphatic rings. The highest BCUT2D eigenvalue weighted by atomic mass is 35.5. The van der Waals surface area contributed by atoms with E-state index in [0.717, 1.165) is 19.2 Å². The maximum atomic E-state index is 14.1. The van der Waals surface area contributed by atoms with Gasteiger partial charge in [0.25, 0.3) is 6.43 Å². The molecule has 0 aromatic heterocycles. The number of amides is 1. The number of aromatic carboxylic acids is 1. The number of halogens is 5. The lowest BCUT2D eigenvalue weighted by Crippen LogP contribution is -2.42. The van der Waals surface area contributed by atoms with Gasteiger partial charge in [-0.2, -0.15) is 0 Å². The molecule has 1 aromatic carbocycles. The molecule has 0 spiro atoms. The molecule has 0 bridgehead atoms. The van der Waals surface area contributed by atoms with Gasteiger partial charge in [0.1, 0.15) is 11.7 Å². The van der Waals surface area contributed by atoms with Crippen LogP contribution in [0.3, 0.4) is 0 Å². The standard InChI is InChI=1S/C21H20Cl2F3N3O3/c1-28-18(19(25)26)17(16(27)7-10-2-5-13(22)14(23)6-10)20(30)29-9-12-4-3-11(21(31)32)8-15(12)24/h2-5,8,14,17,19,27H,6-7,9H2,1H3,(H,29,30)(H,31,32). The predicted octanol–water partition coefficient (Wildman–Crippen LogP) is 4.56. The fourth-order valence-corrected chi connectivity index (χ4v) is 3.52. The van der Waals surface area contributed by atoms with Gasteiger partial charge in [0, 0.05) is 36.3 Å². The first-order valence-corrected chi connectivity index (χ1v) is 10.2. The summed E-state index contributed by atoms with van der Waals surface area (Å²) in [6.07, 6.45) is 0.275. The molecule has 3 N–H and O–H groups in total. The summed E-state index contributed by atoms with van der Waals surface area (Å²) >= 11 is 12.0. The van der Waals surface area contributed by atoms with Gasteiger partial charge in [-0.15, -0.1) is 11.6 Å². The first-order chi connectivity index (χ1) is 15.0. The number of carbonyl (C=O) groups excluding carboxylic acids is 1. The number of hydrogen-bond donors (Lipinski definition) is 3. The van der Waals surface area contributed by atoms with Crippen molar-refractivity contribution < 1.29 is 27.9 Å². The molecule has 2 unspecified atom stereocenters. The van der Waals surface area contributed by atoms with Crippen LogP contribution in [0.15, 0.2) is 45.9 Å². The number of carbonyl (C=O) groups is 2. The van der Waals surface area contributed by atoms with E-state index in [1.165, 1.54) is 6.07 Å². The molecule has 0 aliphatic heterocycles. The molecule has 11 heteroatoms. The molecule has 0 saturated heterocycles. The molecular weight excluding hydrogens is 470 g/mol. The van der Waals surface area contributed by atoms with Crippen molar-refractivity contribution in [2.45, 2.75) is 31.2 Å². The molecule has 1 amide bonds. The molecule has 0 radical (unpaired) electrons. The summed E-state index contributed by atoms with van der Waals surface area (Å²) in [6.45, 7) is -0.390. The molecule has 0 heterocycles. The topological polar surface area (TPSA) is 103 Å². The summed E-state index contributed by atoms with van der Waals surface area (Å²) in [5.41, 5.74) is -0.797. The van der Waals surface area contributed by atoms with Gasteiger partial charge >= 0.3 is 5.97 Å². The van der Waals surface area contributed by atoms with Gasteiger partial charge in [0.15, 0.2) is 0 Å². The van der Waals surface area contributed by atoms with E-state index in [0.29, 0.717) is 17.0 Å². The minimum absolute atomic E-state index is 0.0413. The van der Waals surface area contributed by atoms with Gasteiger partial charge in [0.05, 0.1) is 16.7 Å². The Morgan fingerprint density at radius 2 is 2.03 bits per heavy atom. The number of allylic oxidation sites excluding steroid dienone is 4. The zero-order valence-electron chi connectivity index (χ0n) is 16.8. The number of alkyl halides is 3. The van der Waals surface area contributed by atoms with Gasteiger partial charge in [0.2, 0.25) is 5.91 Å². The highest BCUT2D eigenvalue weighted by Crippen LogP contribution is 2.29. The largest absolute Gasteiger partial charge is 0.478 e. The van der Waals surface area contributed by atoms with Gasteiger partial charge in [-0.05, 0) is 24.6 Å². The summed E-state index contributed by atoms with van der Waals surface area (Å²) in [6, 6.07) is 3.12. The lowest BCUT2D eigenvalue weighted by molar-refractivity contribution is -0.121. The van der Waals surface area contributed by atoms with Gasteiger partial charge < -0.3 is 15.8 Å². The third-order valence-electron chi connectivity index (χ3n) is 4.78. The third kappa shape index (κ3) is 6.43. The van der Waals surface area contributed by atoms with Crippen LogP contribution in [0.1, 0.15) is 28.8 Å². The molecule has 1 aliphatic carbocycles. The molecule has 0 fully saturated rings. The van der Waals surface area contributed by atoms with Crippen LogP contribution >= 0.6 is 23.2 Å². The average Bonchev–Trinajstić information content (AvgIpc) is 2.72. The van der Waals surface area contributed by atoms with E-state index in [2.05, 4.69) is 10.3 Å². The number of aliphatic imine (C=N–C) groups is 1. The normalized spacial score (nSPS) is 17.5. The Morgan fingerprint density at radius 1 is 1.34 bits per heavy atom. The van der Waals surface area contributed by atoms with Crippen molar-refractivity contribution in [1.82, 2.24) is 5.32 Å². The summed E-state index contributed by atoms with van der Waals surface area (Å²) in [5, 5.41) is 19.4. The lowest BCUT2D eigenvalue weighted by Gasteiger charge is -2.22. The number of hydrogen-bond acceptors (Lipinski definition) is 4. The van der Waals surface area contributed by atoms with E-state index in [1.807, 2.05) is 0 Å². The van der Waals surface area contributed by atoms with Crippen LogP contribution in [0, 0.1) is 17.1 Å². The van der Waals surface area contributed by atoms with E-state index < -0.39 is 41.1 Å². The molecule has 2 atom stereocenters. The zero-order valence-corrected chi connectivity index (χ0v) is 18.4. The molecule has 32 heavy (non-hydrogen) atoms. The molecule has 172 valence electrons. The quantitative estimate of drug-likeness (QED) is 0.349. The monoisotopic (exact) mass is 489 g/mol. The highest BCUT2D eigenvalue weighted by molar-refractivity contribution is 6.37. The van der Waals surface area contributed by atoms with Crippen molar-refractivity contribution in [2.24, 2.45) is 10.9 Å². The lowest BCUT2D eigenvalue weighted by atomic mass is 9.89. The summed E-state index contributed by atoms with van der Waals surface area (Å²) in [5.74, 6) is -4.82. The van der Waals surface area contributed by atoms with Gasteiger partial charge in [-0.3, -0.25) is 9.79 Å². The SMILES string of the molecule is CN=C(C(F)F)C(C(=N)CC1=CC=C(Cl)C(Cl)C1)C(=O)NCc1ccc(C(=O)O)cc1F. The minimum Gasteiger partial charge on any atom is -0.478 e.